The Labute approximate surface area is 115 Å². The van der Waals surface area contributed by atoms with Crippen LogP contribution in [0.25, 0.3) is 0 Å². The van der Waals surface area contributed by atoms with Gasteiger partial charge in [0.05, 0.1) is 27.6 Å². The first-order valence-electron chi connectivity index (χ1n) is 6.66. The number of methoxy groups -OCH3 is 2. The van der Waals surface area contributed by atoms with Crippen molar-refractivity contribution < 1.29 is 14.2 Å². The summed E-state index contributed by atoms with van der Waals surface area (Å²) in [5, 5.41) is 0. The van der Waals surface area contributed by atoms with Crippen LogP contribution in [0.15, 0.2) is 18.2 Å². The van der Waals surface area contributed by atoms with Crippen LogP contribution < -0.4 is 9.47 Å². The number of nitrogens with zero attached hydrogens (tertiary/aromatic N) is 1. The summed E-state index contributed by atoms with van der Waals surface area (Å²) in [6, 6.07) is 5.85. The molecule has 1 heterocycles. The summed E-state index contributed by atoms with van der Waals surface area (Å²) < 4.78 is 16.4. The van der Waals surface area contributed by atoms with Crippen LogP contribution in [-0.4, -0.2) is 38.9 Å². The summed E-state index contributed by atoms with van der Waals surface area (Å²) >= 11 is 0. The predicted molar refractivity (Wildman–Crippen MR) is 74.3 cm³/mol. The fraction of sp³-hybridized carbons (Fsp3) is 0.533. The lowest BCUT2D eigenvalue weighted by molar-refractivity contribution is 0.0137. The van der Waals surface area contributed by atoms with Gasteiger partial charge >= 0.3 is 0 Å². The highest BCUT2D eigenvalue weighted by Crippen LogP contribution is 2.31. The molecule has 4 nitrogen and oxygen atoms in total. The molecule has 2 rings (SSSR count). The Morgan fingerprint density at radius 3 is 2.58 bits per heavy atom. The third-order valence-corrected chi connectivity index (χ3v) is 3.31. The van der Waals surface area contributed by atoms with Crippen molar-refractivity contribution in [2.24, 2.45) is 0 Å². The van der Waals surface area contributed by atoms with E-state index >= 15 is 0 Å². The largest absolute Gasteiger partial charge is 0.493 e. The van der Waals surface area contributed by atoms with Crippen LogP contribution in [0.1, 0.15) is 18.4 Å². The van der Waals surface area contributed by atoms with Crippen LogP contribution in [0, 0.1) is 6.42 Å². The molecule has 0 aliphatic carbocycles. The SMILES string of the molecule is COc1cccc(COCN2CC[CH]CC2)c1OC. The molecule has 0 saturated carbocycles. The molecule has 1 aromatic rings. The van der Waals surface area contributed by atoms with Gasteiger partial charge in [0.1, 0.15) is 0 Å². The number of piperidine rings is 1. The fourth-order valence-corrected chi connectivity index (χ4v) is 2.29. The highest BCUT2D eigenvalue weighted by molar-refractivity contribution is 5.46. The molecule has 1 aliphatic rings. The van der Waals surface area contributed by atoms with Gasteiger partial charge in [0.2, 0.25) is 0 Å². The van der Waals surface area contributed by atoms with Crippen LogP contribution in [-0.2, 0) is 11.3 Å². The third-order valence-electron chi connectivity index (χ3n) is 3.31. The van der Waals surface area contributed by atoms with Gasteiger partial charge in [0.25, 0.3) is 0 Å². The van der Waals surface area contributed by atoms with Crippen molar-refractivity contribution in [3.05, 3.63) is 30.2 Å². The topological polar surface area (TPSA) is 30.9 Å². The summed E-state index contributed by atoms with van der Waals surface area (Å²) in [6.07, 6.45) is 4.65. The number of benzene rings is 1. The molecular formula is C15H22NO3. The van der Waals surface area contributed by atoms with Gasteiger partial charge < -0.3 is 14.2 Å². The molecular weight excluding hydrogens is 242 g/mol. The molecule has 1 radical (unpaired) electrons. The number of para-hydroxylation sites is 1. The van der Waals surface area contributed by atoms with Crippen LogP contribution in [0.5, 0.6) is 11.5 Å². The smallest absolute Gasteiger partial charge is 0.166 e. The molecule has 0 spiro atoms. The minimum absolute atomic E-state index is 0.542. The Balaban J connectivity index is 1.88. The summed E-state index contributed by atoms with van der Waals surface area (Å²) in [5.41, 5.74) is 1.02. The predicted octanol–water partition coefficient (Wildman–Crippen LogP) is 2.48. The third kappa shape index (κ3) is 3.85. The average Bonchev–Trinajstić information content (AvgIpc) is 2.48. The lowest BCUT2D eigenvalue weighted by Crippen LogP contribution is -2.32. The lowest BCUT2D eigenvalue weighted by atomic mass is 10.1. The molecule has 1 fully saturated rings. The minimum Gasteiger partial charge on any atom is -0.493 e. The van der Waals surface area contributed by atoms with E-state index < -0.39 is 0 Å². The number of hydrogen-bond acceptors (Lipinski definition) is 4. The molecule has 105 valence electrons. The van der Waals surface area contributed by atoms with Gasteiger partial charge in [0.15, 0.2) is 11.5 Å². The summed E-state index contributed by atoms with van der Waals surface area (Å²) in [4.78, 5) is 2.33. The van der Waals surface area contributed by atoms with Gasteiger partial charge in [-0.05, 0) is 25.3 Å². The zero-order valence-electron chi connectivity index (χ0n) is 11.7. The first-order valence-corrected chi connectivity index (χ1v) is 6.66. The first-order chi connectivity index (χ1) is 9.35. The molecule has 0 N–H and O–H groups in total. The highest BCUT2D eigenvalue weighted by Gasteiger charge is 2.12. The average molecular weight is 264 g/mol. The van der Waals surface area contributed by atoms with E-state index in [0.717, 1.165) is 43.0 Å². The molecule has 0 atom stereocenters. The Bertz CT molecular complexity index is 389. The normalized spacial score (nSPS) is 16.3. The van der Waals surface area contributed by atoms with Gasteiger partial charge in [-0.3, -0.25) is 4.90 Å². The van der Waals surface area contributed by atoms with Crippen molar-refractivity contribution in [1.29, 1.82) is 0 Å². The zero-order valence-corrected chi connectivity index (χ0v) is 11.7. The van der Waals surface area contributed by atoms with Crippen LogP contribution in [0.4, 0.5) is 0 Å². The standard InChI is InChI=1S/C15H22NO3/c1-17-14-8-6-7-13(15(14)18-2)11-19-12-16-9-4-3-5-10-16/h3,6-8H,4-5,9-12H2,1-2H3. The van der Waals surface area contributed by atoms with Gasteiger partial charge in [-0.2, -0.15) is 0 Å². The van der Waals surface area contributed by atoms with E-state index in [0.29, 0.717) is 13.3 Å². The Kier molecular flexibility index (Phi) is 5.48. The van der Waals surface area contributed by atoms with Crippen LogP contribution in [0.3, 0.4) is 0 Å². The lowest BCUT2D eigenvalue weighted by Gasteiger charge is -2.26. The van der Waals surface area contributed by atoms with E-state index in [2.05, 4.69) is 11.3 Å². The van der Waals surface area contributed by atoms with Gasteiger partial charge in [-0.25, -0.2) is 0 Å². The maximum Gasteiger partial charge on any atom is 0.166 e. The second-order valence-corrected chi connectivity index (χ2v) is 4.61. The maximum absolute atomic E-state index is 5.78. The molecule has 19 heavy (non-hydrogen) atoms. The van der Waals surface area contributed by atoms with E-state index in [4.69, 9.17) is 14.2 Å². The van der Waals surface area contributed by atoms with Crippen molar-refractivity contribution in [3.8, 4) is 11.5 Å². The number of hydrogen-bond donors (Lipinski definition) is 0. The van der Waals surface area contributed by atoms with Crippen LogP contribution in [0.2, 0.25) is 0 Å². The molecule has 0 aromatic heterocycles. The second-order valence-electron chi connectivity index (χ2n) is 4.61. The number of likely N-dealkylation sites (tertiary alicyclic amines) is 1. The van der Waals surface area contributed by atoms with Crippen molar-refractivity contribution in [1.82, 2.24) is 4.90 Å². The molecule has 0 unspecified atom stereocenters. The van der Waals surface area contributed by atoms with Gasteiger partial charge in [-0.15, -0.1) is 0 Å². The van der Waals surface area contributed by atoms with Gasteiger partial charge in [0, 0.05) is 18.7 Å². The minimum atomic E-state index is 0.542. The summed E-state index contributed by atoms with van der Waals surface area (Å²) in [6.45, 7) is 3.40. The summed E-state index contributed by atoms with van der Waals surface area (Å²) in [7, 11) is 3.30. The van der Waals surface area contributed by atoms with Gasteiger partial charge in [-0.1, -0.05) is 12.1 Å². The maximum atomic E-state index is 5.78. The molecule has 0 bridgehead atoms. The Morgan fingerprint density at radius 1 is 1.11 bits per heavy atom. The van der Waals surface area contributed by atoms with Crippen LogP contribution >= 0.6 is 0 Å². The monoisotopic (exact) mass is 264 g/mol. The first kappa shape index (κ1) is 14.2. The summed E-state index contributed by atoms with van der Waals surface area (Å²) in [5.74, 6) is 1.51. The Hall–Kier alpha value is -1.26. The Morgan fingerprint density at radius 2 is 1.89 bits per heavy atom. The quantitative estimate of drug-likeness (QED) is 0.790. The fourth-order valence-electron chi connectivity index (χ4n) is 2.29. The molecule has 1 aliphatic heterocycles. The van der Waals surface area contributed by atoms with E-state index in [9.17, 15) is 0 Å². The number of ether oxygens (including phenoxy) is 3. The number of rotatable bonds is 6. The molecule has 0 amide bonds. The highest BCUT2D eigenvalue weighted by atomic mass is 16.5. The second kappa shape index (κ2) is 7.36. The van der Waals surface area contributed by atoms with Crippen molar-refractivity contribution in [3.63, 3.8) is 0 Å². The van der Waals surface area contributed by atoms with E-state index in [1.807, 2.05) is 18.2 Å². The van der Waals surface area contributed by atoms with Crippen molar-refractivity contribution in [2.75, 3.05) is 34.0 Å². The van der Waals surface area contributed by atoms with E-state index in [1.165, 1.54) is 0 Å². The molecule has 4 heteroatoms. The molecule has 1 saturated heterocycles. The van der Waals surface area contributed by atoms with Crippen molar-refractivity contribution >= 4 is 0 Å². The molecule has 1 aromatic carbocycles. The van der Waals surface area contributed by atoms with E-state index in [1.54, 1.807) is 14.2 Å². The van der Waals surface area contributed by atoms with E-state index in [-0.39, 0.29) is 0 Å². The van der Waals surface area contributed by atoms with Crippen molar-refractivity contribution in [2.45, 2.75) is 19.4 Å². The zero-order chi connectivity index (χ0) is 13.5.